The van der Waals surface area contributed by atoms with E-state index in [0.717, 1.165) is 33.9 Å². The molecule has 0 bridgehead atoms. The van der Waals surface area contributed by atoms with Crippen molar-refractivity contribution < 1.29 is 33.3 Å². The Morgan fingerprint density at radius 3 is 2.61 bits per heavy atom. The molecule has 1 aromatic rings. The van der Waals surface area contributed by atoms with Gasteiger partial charge in [-0.2, -0.15) is 0 Å². The third-order valence-electron chi connectivity index (χ3n) is 3.24. The number of hydrogen-bond donors (Lipinski definition) is 0. The van der Waals surface area contributed by atoms with Crippen molar-refractivity contribution >= 4 is 21.7 Å². The van der Waals surface area contributed by atoms with E-state index in [1.54, 1.807) is 0 Å². The Balaban J connectivity index is 0.00000162. The van der Waals surface area contributed by atoms with Crippen LogP contribution in [0.2, 0.25) is 0 Å². The SMILES string of the molecule is C[N+](C)(C)CC1CCc2ccc(Br)cc2C1=O.[I-]. The first-order chi connectivity index (χ1) is 7.87. The normalized spacial score (nSPS) is 19.1. The van der Waals surface area contributed by atoms with Crippen LogP contribution in [0.3, 0.4) is 0 Å². The van der Waals surface area contributed by atoms with E-state index in [2.05, 4.69) is 43.1 Å². The number of carbonyl (C=O) groups is 1. The summed E-state index contributed by atoms with van der Waals surface area (Å²) >= 11 is 3.44. The molecule has 1 unspecified atom stereocenters. The predicted octanol–water partition coefficient (Wildman–Crippen LogP) is -0.0956. The van der Waals surface area contributed by atoms with Gasteiger partial charge in [-0.05, 0) is 30.5 Å². The number of ketones is 1. The van der Waals surface area contributed by atoms with Crippen LogP contribution in [0, 0.1) is 5.92 Å². The highest BCUT2D eigenvalue weighted by Crippen LogP contribution is 2.28. The highest BCUT2D eigenvalue weighted by molar-refractivity contribution is 9.10. The Kier molecular flexibility index (Phi) is 5.38. The number of quaternary nitrogens is 1. The number of halogens is 2. The molecule has 2 rings (SSSR count). The molecule has 0 aromatic heterocycles. The number of rotatable bonds is 2. The van der Waals surface area contributed by atoms with Gasteiger partial charge in [-0.3, -0.25) is 4.79 Å². The van der Waals surface area contributed by atoms with Crippen LogP contribution >= 0.6 is 15.9 Å². The standard InChI is InChI=1S/C14H19BrNO.HI/c1-16(2,3)9-11-5-4-10-6-7-12(15)8-13(10)14(11)17;/h6-8,11H,4-5,9H2,1-3H3;1H/q+1;/p-1. The van der Waals surface area contributed by atoms with Crippen LogP contribution in [0.1, 0.15) is 22.3 Å². The highest BCUT2D eigenvalue weighted by Gasteiger charge is 2.31. The summed E-state index contributed by atoms with van der Waals surface area (Å²) < 4.78 is 1.84. The van der Waals surface area contributed by atoms with Crippen molar-refractivity contribution in [2.45, 2.75) is 12.8 Å². The number of aryl methyl sites for hydroxylation is 1. The fraction of sp³-hybridized carbons (Fsp3) is 0.500. The molecule has 1 aromatic carbocycles. The molecule has 0 heterocycles. The van der Waals surface area contributed by atoms with E-state index >= 15 is 0 Å². The molecule has 1 aliphatic rings. The highest BCUT2D eigenvalue weighted by atomic mass is 127. The second kappa shape index (κ2) is 6.01. The lowest BCUT2D eigenvalue weighted by atomic mass is 9.82. The molecule has 0 radical (unpaired) electrons. The van der Waals surface area contributed by atoms with Gasteiger partial charge in [0.15, 0.2) is 5.78 Å². The van der Waals surface area contributed by atoms with Gasteiger partial charge in [0.2, 0.25) is 0 Å². The van der Waals surface area contributed by atoms with E-state index in [9.17, 15) is 4.79 Å². The van der Waals surface area contributed by atoms with Crippen LogP contribution in [-0.2, 0) is 6.42 Å². The van der Waals surface area contributed by atoms with Crippen molar-refractivity contribution in [2.75, 3.05) is 27.7 Å². The van der Waals surface area contributed by atoms with Gasteiger partial charge in [-0.15, -0.1) is 0 Å². The second-order valence-electron chi connectivity index (χ2n) is 5.87. The summed E-state index contributed by atoms with van der Waals surface area (Å²) in [7, 11) is 6.43. The molecule has 0 saturated heterocycles. The third kappa shape index (κ3) is 3.78. The van der Waals surface area contributed by atoms with Gasteiger partial charge in [0, 0.05) is 10.0 Å². The third-order valence-corrected chi connectivity index (χ3v) is 3.73. The van der Waals surface area contributed by atoms with Crippen molar-refractivity contribution in [2.24, 2.45) is 5.92 Å². The van der Waals surface area contributed by atoms with Crippen molar-refractivity contribution in [3.8, 4) is 0 Å². The summed E-state index contributed by atoms with van der Waals surface area (Å²) in [6.45, 7) is 0.921. The minimum Gasteiger partial charge on any atom is -1.00 e. The first-order valence-corrected chi connectivity index (χ1v) is 6.79. The molecule has 18 heavy (non-hydrogen) atoms. The molecule has 4 heteroatoms. The van der Waals surface area contributed by atoms with Crippen LogP contribution in [0.15, 0.2) is 22.7 Å². The Morgan fingerprint density at radius 1 is 1.33 bits per heavy atom. The topological polar surface area (TPSA) is 17.1 Å². The molecule has 1 atom stereocenters. The van der Waals surface area contributed by atoms with Crippen LogP contribution in [0.25, 0.3) is 0 Å². The van der Waals surface area contributed by atoms with Crippen LogP contribution < -0.4 is 24.0 Å². The molecular formula is C14H19BrINO. The lowest BCUT2D eigenvalue weighted by Crippen LogP contribution is -3.00. The number of carbonyl (C=O) groups excluding carboxylic acids is 1. The molecular weight excluding hydrogens is 405 g/mol. The Bertz CT molecular complexity index is 454. The molecule has 0 spiro atoms. The summed E-state index contributed by atoms with van der Waals surface area (Å²) in [5, 5.41) is 0. The average molecular weight is 424 g/mol. The van der Waals surface area contributed by atoms with E-state index in [1.165, 1.54) is 5.56 Å². The summed E-state index contributed by atoms with van der Waals surface area (Å²) in [4.78, 5) is 12.4. The van der Waals surface area contributed by atoms with Gasteiger partial charge in [-0.1, -0.05) is 22.0 Å². The average Bonchev–Trinajstić information content (AvgIpc) is 2.21. The van der Waals surface area contributed by atoms with Crippen LogP contribution in [0.4, 0.5) is 0 Å². The monoisotopic (exact) mass is 423 g/mol. The van der Waals surface area contributed by atoms with Gasteiger partial charge in [-0.25, -0.2) is 0 Å². The molecule has 2 nitrogen and oxygen atoms in total. The molecule has 0 saturated carbocycles. The number of Topliss-reactive ketones (excluding diaryl/α,β-unsaturated/α-hetero) is 1. The minimum absolute atomic E-state index is 0. The first-order valence-electron chi connectivity index (χ1n) is 6.00. The van der Waals surface area contributed by atoms with Gasteiger partial charge >= 0.3 is 0 Å². The maximum absolute atomic E-state index is 12.4. The number of nitrogens with zero attached hydrogens (tertiary/aromatic N) is 1. The lowest BCUT2D eigenvalue weighted by Gasteiger charge is -2.31. The van der Waals surface area contributed by atoms with Gasteiger partial charge in [0.1, 0.15) is 0 Å². The fourth-order valence-corrected chi connectivity index (χ4v) is 2.87. The smallest absolute Gasteiger partial charge is 0.171 e. The zero-order valence-electron chi connectivity index (χ0n) is 11.0. The maximum atomic E-state index is 12.4. The summed E-state index contributed by atoms with van der Waals surface area (Å²) in [5.74, 6) is 0.498. The predicted molar refractivity (Wildman–Crippen MR) is 73.2 cm³/mol. The van der Waals surface area contributed by atoms with Crippen molar-refractivity contribution in [1.82, 2.24) is 0 Å². The largest absolute Gasteiger partial charge is 1.00 e. The molecule has 0 N–H and O–H groups in total. The van der Waals surface area contributed by atoms with Crippen molar-refractivity contribution in [1.29, 1.82) is 0 Å². The first kappa shape index (κ1) is 16.1. The molecule has 1 aliphatic carbocycles. The summed E-state index contributed by atoms with van der Waals surface area (Å²) in [6, 6.07) is 6.06. The summed E-state index contributed by atoms with van der Waals surface area (Å²) in [5.41, 5.74) is 2.12. The zero-order chi connectivity index (χ0) is 12.6. The van der Waals surface area contributed by atoms with Gasteiger partial charge in [0.05, 0.1) is 33.6 Å². The van der Waals surface area contributed by atoms with E-state index in [1.807, 2.05) is 12.1 Å². The molecule has 0 fully saturated rings. The van der Waals surface area contributed by atoms with Gasteiger partial charge < -0.3 is 28.5 Å². The number of fused-ring (bicyclic) bond motifs is 1. The Hall–Kier alpha value is 0.0600. The van der Waals surface area contributed by atoms with Crippen molar-refractivity contribution in [3.05, 3.63) is 33.8 Å². The molecule has 0 amide bonds. The Morgan fingerprint density at radius 2 is 2.00 bits per heavy atom. The number of hydrogen-bond acceptors (Lipinski definition) is 1. The lowest BCUT2D eigenvalue weighted by molar-refractivity contribution is -0.872. The van der Waals surface area contributed by atoms with Crippen LogP contribution in [0.5, 0.6) is 0 Å². The molecule has 0 aliphatic heterocycles. The van der Waals surface area contributed by atoms with E-state index < -0.39 is 0 Å². The zero-order valence-corrected chi connectivity index (χ0v) is 14.8. The maximum Gasteiger partial charge on any atom is 0.171 e. The second-order valence-corrected chi connectivity index (χ2v) is 6.79. The molecule has 100 valence electrons. The number of benzene rings is 1. The fourth-order valence-electron chi connectivity index (χ4n) is 2.51. The van der Waals surface area contributed by atoms with E-state index in [-0.39, 0.29) is 29.9 Å². The quantitative estimate of drug-likeness (QED) is 0.479. The van der Waals surface area contributed by atoms with Crippen molar-refractivity contribution in [3.63, 3.8) is 0 Å². The summed E-state index contributed by atoms with van der Waals surface area (Å²) in [6.07, 6.45) is 2.02. The minimum atomic E-state index is 0. The van der Waals surface area contributed by atoms with Gasteiger partial charge in [0.25, 0.3) is 0 Å². The van der Waals surface area contributed by atoms with Crippen LogP contribution in [-0.4, -0.2) is 38.0 Å². The van der Waals surface area contributed by atoms with E-state index in [4.69, 9.17) is 0 Å². The van der Waals surface area contributed by atoms with E-state index in [0.29, 0.717) is 5.78 Å². The Labute approximate surface area is 134 Å².